The highest BCUT2D eigenvalue weighted by Crippen LogP contribution is 2.33. The Morgan fingerprint density at radius 2 is 1.93 bits per heavy atom. The molecule has 1 amide bonds. The number of hydrogen-bond donors (Lipinski definition) is 1. The van der Waals surface area contributed by atoms with E-state index in [1.807, 2.05) is 0 Å². The third-order valence-electron chi connectivity index (χ3n) is 5.39. The van der Waals surface area contributed by atoms with Crippen LogP contribution in [-0.2, 0) is 10.5 Å². The number of aromatic nitrogens is 2. The highest BCUT2D eigenvalue weighted by Gasteiger charge is 2.20. The molecule has 2 aromatic rings. The van der Waals surface area contributed by atoms with E-state index in [-0.39, 0.29) is 11.9 Å². The van der Waals surface area contributed by atoms with Crippen molar-refractivity contribution in [2.24, 2.45) is 5.92 Å². The summed E-state index contributed by atoms with van der Waals surface area (Å²) < 4.78 is 4.95. The quantitative estimate of drug-likeness (QED) is 0.661. The molecule has 0 radical (unpaired) electrons. The highest BCUT2D eigenvalue weighted by molar-refractivity contribution is 7.99. The largest absolute Gasteiger partial charge is 0.348 e. The molecule has 6 heteroatoms. The molecule has 0 saturated heterocycles. The van der Waals surface area contributed by atoms with Gasteiger partial charge in [-0.05, 0) is 35.8 Å². The Hall–Kier alpha value is -1.82. The molecule has 1 saturated carbocycles. The lowest BCUT2D eigenvalue weighted by Gasteiger charge is -2.25. The van der Waals surface area contributed by atoms with Gasteiger partial charge in [0.25, 0.3) is 0 Å². The Labute approximate surface area is 172 Å². The summed E-state index contributed by atoms with van der Waals surface area (Å²) in [6, 6.07) is 8.95. The molecule has 28 heavy (non-hydrogen) atoms. The molecule has 1 heterocycles. The molecule has 1 aromatic heterocycles. The van der Waals surface area contributed by atoms with Gasteiger partial charge in [-0.25, -0.2) is 0 Å². The van der Waals surface area contributed by atoms with Gasteiger partial charge in [-0.15, -0.1) is 11.8 Å². The van der Waals surface area contributed by atoms with Gasteiger partial charge >= 0.3 is 0 Å². The number of nitrogens with one attached hydrogen (secondary N) is 1. The van der Waals surface area contributed by atoms with E-state index in [0.29, 0.717) is 35.1 Å². The van der Waals surface area contributed by atoms with Crippen molar-refractivity contribution in [2.75, 3.05) is 5.75 Å². The van der Waals surface area contributed by atoms with Crippen molar-refractivity contribution in [1.29, 1.82) is 0 Å². The number of rotatable bonds is 8. The average Bonchev–Trinajstić information content (AvgIpc) is 3.12. The zero-order valence-electron chi connectivity index (χ0n) is 17.1. The number of nitrogens with zero attached hydrogens (tertiary/aromatic N) is 2. The molecule has 1 aromatic carbocycles. The van der Waals surface area contributed by atoms with E-state index in [9.17, 15) is 4.79 Å². The number of aryl methyl sites for hydroxylation is 1. The molecule has 5 nitrogen and oxygen atoms in total. The van der Waals surface area contributed by atoms with Gasteiger partial charge in [-0.3, -0.25) is 4.79 Å². The lowest BCUT2D eigenvalue weighted by molar-refractivity contribution is -0.119. The Morgan fingerprint density at radius 3 is 2.54 bits per heavy atom. The van der Waals surface area contributed by atoms with E-state index >= 15 is 0 Å². The van der Waals surface area contributed by atoms with E-state index in [1.54, 1.807) is 6.92 Å². The summed E-state index contributed by atoms with van der Waals surface area (Å²) in [6.07, 6.45) is 6.68. The van der Waals surface area contributed by atoms with E-state index in [4.69, 9.17) is 4.52 Å². The molecule has 1 aliphatic carbocycles. The van der Waals surface area contributed by atoms with E-state index in [2.05, 4.69) is 53.6 Å². The van der Waals surface area contributed by atoms with Crippen molar-refractivity contribution >= 4 is 17.7 Å². The highest BCUT2D eigenvalue weighted by atomic mass is 32.2. The number of amides is 1. The van der Waals surface area contributed by atoms with Crippen molar-refractivity contribution < 1.29 is 9.32 Å². The predicted octanol–water partition coefficient (Wildman–Crippen LogP) is 5.17. The molecule has 1 atom stereocenters. The SMILES string of the molecule is Cc1nc(CSCC(=O)NC(c2ccc(C3CCCCC3)cc2)C(C)C)no1. The molecule has 152 valence electrons. The van der Waals surface area contributed by atoms with Crippen LogP contribution in [-0.4, -0.2) is 21.8 Å². The monoisotopic (exact) mass is 401 g/mol. The Kier molecular flexibility index (Phi) is 7.54. The Bertz CT molecular complexity index is 751. The van der Waals surface area contributed by atoms with Gasteiger partial charge in [0.05, 0.1) is 17.5 Å². The van der Waals surface area contributed by atoms with Crippen molar-refractivity contribution in [1.82, 2.24) is 15.5 Å². The van der Waals surface area contributed by atoms with Crippen LogP contribution in [0.3, 0.4) is 0 Å². The van der Waals surface area contributed by atoms with Gasteiger partial charge < -0.3 is 9.84 Å². The molecule has 0 spiro atoms. The fourth-order valence-corrected chi connectivity index (χ4v) is 4.57. The van der Waals surface area contributed by atoms with Gasteiger partial charge in [0.15, 0.2) is 5.82 Å². The fraction of sp³-hybridized carbons (Fsp3) is 0.591. The molecular formula is C22H31N3O2S. The summed E-state index contributed by atoms with van der Waals surface area (Å²) in [7, 11) is 0. The molecular weight excluding hydrogens is 370 g/mol. The fourth-order valence-electron chi connectivity index (χ4n) is 3.90. The smallest absolute Gasteiger partial charge is 0.230 e. The van der Waals surface area contributed by atoms with Crippen molar-refractivity contribution in [3.63, 3.8) is 0 Å². The first-order chi connectivity index (χ1) is 13.5. The van der Waals surface area contributed by atoms with Gasteiger partial charge in [-0.1, -0.05) is 62.5 Å². The zero-order chi connectivity index (χ0) is 19.9. The van der Waals surface area contributed by atoms with Crippen LogP contribution in [0.2, 0.25) is 0 Å². The standard InChI is InChI=1S/C22H31N3O2S/c1-15(2)22(24-21(26)14-28-13-20-23-16(3)27-25-20)19-11-9-18(10-12-19)17-7-5-4-6-8-17/h9-12,15,17,22H,4-8,13-14H2,1-3H3,(H,24,26). The van der Waals surface area contributed by atoms with Crippen LogP contribution in [0.15, 0.2) is 28.8 Å². The Morgan fingerprint density at radius 1 is 1.21 bits per heavy atom. The molecule has 1 unspecified atom stereocenters. The minimum absolute atomic E-state index is 0.0286. The number of benzene rings is 1. The van der Waals surface area contributed by atoms with E-state index < -0.39 is 0 Å². The number of carbonyl (C=O) groups excluding carboxylic acids is 1. The minimum Gasteiger partial charge on any atom is -0.348 e. The molecule has 0 bridgehead atoms. The van der Waals surface area contributed by atoms with E-state index in [1.165, 1.54) is 55.0 Å². The van der Waals surface area contributed by atoms with Crippen LogP contribution >= 0.6 is 11.8 Å². The summed E-state index contributed by atoms with van der Waals surface area (Å²) in [5, 5.41) is 7.06. The maximum absolute atomic E-state index is 12.4. The summed E-state index contributed by atoms with van der Waals surface area (Å²) >= 11 is 1.50. The molecule has 0 aliphatic heterocycles. The van der Waals surface area contributed by atoms with Crippen molar-refractivity contribution in [3.8, 4) is 0 Å². The van der Waals surface area contributed by atoms with Gasteiger partial charge in [0.1, 0.15) is 0 Å². The number of hydrogen-bond acceptors (Lipinski definition) is 5. The van der Waals surface area contributed by atoms with E-state index in [0.717, 1.165) is 0 Å². The minimum atomic E-state index is 0.0286. The summed E-state index contributed by atoms with van der Waals surface area (Å²) in [4.78, 5) is 16.6. The van der Waals surface area contributed by atoms with Crippen LogP contribution in [0.1, 0.15) is 80.8 Å². The van der Waals surface area contributed by atoms with Gasteiger partial charge in [-0.2, -0.15) is 4.98 Å². The molecule has 1 N–H and O–H groups in total. The lowest BCUT2D eigenvalue weighted by atomic mass is 9.83. The molecule has 3 rings (SSSR count). The van der Waals surface area contributed by atoms with Crippen molar-refractivity contribution in [2.45, 2.75) is 70.6 Å². The number of thioether (sulfide) groups is 1. The summed E-state index contributed by atoms with van der Waals surface area (Å²) in [5.41, 5.74) is 2.63. The maximum Gasteiger partial charge on any atom is 0.230 e. The molecule has 1 aliphatic rings. The second-order valence-electron chi connectivity index (χ2n) is 8.01. The predicted molar refractivity (Wildman–Crippen MR) is 113 cm³/mol. The van der Waals surface area contributed by atoms with Crippen LogP contribution in [0.4, 0.5) is 0 Å². The molecule has 1 fully saturated rings. The third kappa shape index (κ3) is 5.84. The zero-order valence-corrected chi connectivity index (χ0v) is 17.9. The second kappa shape index (κ2) is 10.1. The van der Waals surface area contributed by atoms with Gasteiger partial charge in [0, 0.05) is 6.92 Å². The lowest BCUT2D eigenvalue weighted by Crippen LogP contribution is -2.33. The van der Waals surface area contributed by atoms with Gasteiger partial charge in [0.2, 0.25) is 11.8 Å². The second-order valence-corrected chi connectivity index (χ2v) is 9.00. The first-order valence-electron chi connectivity index (χ1n) is 10.3. The van der Waals surface area contributed by atoms with Crippen LogP contribution < -0.4 is 5.32 Å². The normalized spacial score (nSPS) is 16.3. The summed E-state index contributed by atoms with van der Waals surface area (Å²) in [5.74, 6) is 3.23. The maximum atomic E-state index is 12.4. The first-order valence-corrected chi connectivity index (χ1v) is 11.4. The third-order valence-corrected chi connectivity index (χ3v) is 6.32. The number of carbonyl (C=O) groups is 1. The first kappa shape index (κ1) is 20.9. The van der Waals surface area contributed by atoms with Crippen LogP contribution in [0, 0.1) is 12.8 Å². The van der Waals surface area contributed by atoms with Crippen LogP contribution in [0.25, 0.3) is 0 Å². The van der Waals surface area contributed by atoms with Crippen molar-refractivity contribution in [3.05, 3.63) is 47.1 Å². The topological polar surface area (TPSA) is 68.0 Å². The average molecular weight is 402 g/mol. The Balaban J connectivity index is 1.54. The summed E-state index contributed by atoms with van der Waals surface area (Å²) in [6.45, 7) is 6.06. The van der Waals surface area contributed by atoms with Crippen LogP contribution in [0.5, 0.6) is 0 Å².